The average Bonchev–Trinajstić information content (AvgIpc) is 2.47. The number of hydrogen-bond acceptors (Lipinski definition) is 6. The lowest BCUT2D eigenvalue weighted by Crippen LogP contribution is -2.12. The van der Waals surface area contributed by atoms with Gasteiger partial charge in [-0.1, -0.05) is 6.07 Å². The molecule has 2 rings (SSSR count). The van der Waals surface area contributed by atoms with Crippen LogP contribution in [-0.2, 0) is 0 Å². The molecule has 0 radical (unpaired) electrons. The number of aromatic nitrogens is 1. The zero-order valence-corrected chi connectivity index (χ0v) is 10.9. The van der Waals surface area contributed by atoms with Crippen molar-refractivity contribution in [2.45, 2.75) is 13.0 Å². The van der Waals surface area contributed by atoms with Gasteiger partial charge in [-0.15, -0.1) is 0 Å². The van der Waals surface area contributed by atoms with E-state index in [4.69, 9.17) is 5.84 Å². The molecule has 7 heteroatoms. The van der Waals surface area contributed by atoms with Crippen molar-refractivity contribution in [1.29, 1.82) is 0 Å². The first-order chi connectivity index (χ1) is 9.63. The van der Waals surface area contributed by atoms with Crippen molar-refractivity contribution in [2.24, 2.45) is 5.84 Å². The van der Waals surface area contributed by atoms with Crippen molar-refractivity contribution in [3.05, 3.63) is 58.4 Å². The highest BCUT2D eigenvalue weighted by Crippen LogP contribution is 2.34. The van der Waals surface area contributed by atoms with Crippen LogP contribution in [0.3, 0.4) is 0 Å². The number of nitrogens with one attached hydrogen (secondary N) is 2. The Morgan fingerprint density at radius 2 is 1.90 bits per heavy atom. The lowest BCUT2D eigenvalue weighted by Gasteiger charge is -2.16. The van der Waals surface area contributed by atoms with Crippen LogP contribution in [0.2, 0.25) is 0 Å². The van der Waals surface area contributed by atoms with E-state index in [0.717, 1.165) is 5.56 Å². The molecule has 0 amide bonds. The van der Waals surface area contributed by atoms with Crippen LogP contribution in [0, 0.1) is 10.1 Å². The molecule has 0 aliphatic heterocycles. The Kier molecular flexibility index (Phi) is 4.11. The Morgan fingerprint density at radius 3 is 2.50 bits per heavy atom. The van der Waals surface area contributed by atoms with Crippen molar-refractivity contribution < 1.29 is 4.92 Å². The van der Waals surface area contributed by atoms with E-state index in [1.165, 1.54) is 0 Å². The molecule has 0 aliphatic rings. The summed E-state index contributed by atoms with van der Waals surface area (Å²) in [5, 5.41) is 14.3. The number of benzene rings is 1. The number of nitro benzene ring substituents is 1. The Hall–Kier alpha value is -2.67. The largest absolute Gasteiger partial charge is 0.373 e. The van der Waals surface area contributed by atoms with Gasteiger partial charge < -0.3 is 10.7 Å². The van der Waals surface area contributed by atoms with Crippen LogP contribution in [0.25, 0.3) is 0 Å². The van der Waals surface area contributed by atoms with E-state index >= 15 is 0 Å². The molecule has 0 fully saturated rings. The predicted octanol–water partition coefficient (Wildman–Crippen LogP) is 2.45. The minimum absolute atomic E-state index is 0.0732. The molecular weight excluding hydrogens is 258 g/mol. The van der Waals surface area contributed by atoms with Crippen molar-refractivity contribution >= 4 is 17.1 Å². The second kappa shape index (κ2) is 5.98. The Labute approximate surface area is 116 Å². The van der Waals surface area contributed by atoms with Crippen molar-refractivity contribution in [3.8, 4) is 0 Å². The van der Waals surface area contributed by atoms with Gasteiger partial charge in [-0.25, -0.2) is 0 Å². The summed E-state index contributed by atoms with van der Waals surface area (Å²) in [5.74, 6) is 5.31. The second-order valence-electron chi connectivity index (χ2n) is 4.25. The molecule has 104 valence electrons. The van der Waals surface area contributed by atoms with Gasteiger partial charge in [0.15, 0.2) is 0 Å². The highest BCUT2D eigenvalue weighted by Gasteiger charge is 2.20. The second-order valence-corrected chi connectivity index (χ2v) is 4.25. The van der Waals surface area contributed by atoms with Gasteiger partial charge in [0.2, 0.25) is 0 Å². The molecule has 0 spiro atoms. The normalized spacial score (nSPS) is 11.7. The summed E-state index contributed by atoms with van der Waals surface area (Å²) in [6, 6.07) is 8.52. The topological polar surface area (TPSA) is 106 Å². The smallest absolute Gasteiger partial charge is 0.316 e. The summed E-state index contributed by atoms with van der Waals surface area (Å²) in [6.07, 6.45) is 3.36. The van der Waals surface area contributed by atoms with Crippen LogP contribution < -0.4 is 16.6 Å². The van der Waals surface area contributed by atoms with Crippen LogP contribution in [0.15, 0.2) is 42.7 Å². The number of nitrogens with two attached hydrogens (primary N) is 1. The van der Waals surface area contributed by atoms with Crippen molar-refractivity contribution in [3.63, 3.8) is 0 Å². The fraction of sp³-hybridized carbons (Fsp3) is 0.154. The van der Waals surface area contributed by atoms with Gasteiger partial charge in [0.05, 0.1) is 4.92 Å². The van der Waals surface area contributed by atoms with Crippen LogP contribution in [-0.4, -0.2) is 9.91 Å². The quantitative estimate of drug-likeness (QED) is 0.439. The zero-order valence-electron chi connectivity index (χ0n) is 10.9. The minimum atomic E-state index is -0.462. The Morgan fingerprint density at radius 1 is 1.25 bits per heavy atom. The van der Waals surface area contributed by atoms with Crippen LogP contribution in [0.5, 0.6) is 0 Å². The summed E-state index contributed by atoms with van der Waals surface area (Å²) in [4.78, 5) is 14.7. The minimum Gasteiger partial charge on any atom is -0.373 e. The maximum absolute atomic E-state index is 11.2. The lowest BCUT2D eigenvalue weighted by atomic mass is 10.1. The van der Waals surface area contributed by atoms with Crippen LogP contribution >= 0.6 is 0 Å². The Bertz CT molecular complexity index is 603. The number of nitro groups is 1. The summed E-state index contributed by atoms with van der Waals surface area (Å²) in [7, 11) is 0. The maximum atomic E-state index is 11.2. The number of nitrogen functional groups attached to an aromatic ring is 1. The summed E-state index contributed by atoms with van der Waals surface area (Å²) in [5.41, 5.74) is 3.93. The molecule has 1 aromatic carbocycles. The maximum Gasteiger partial charge on any atom is 0.316 e. The highest BCUT2D eigenvalue weighted by molar-refractivity contribution is 5.76. The number of anilines is 2. The molecule has 7 nitrogen and oxygen atoms in total. The molecule has 0 aliphatic carbocycles. The zero-order chi connectivity index (χ0) is 14.5. The summed E-state index contributed by atoms with van der Waals surface area (Å²) in [6.45, 7) is 1.92. The molecule has 20 heavy (non-hydrogen) atoms. The van der Waals surface area contributed by atoms with Gasteiger partial charge in [-0.3, -0.25) is 20.9 Å². The highest BCUT2D eigenvalue weighted by atomic mass is 16.6. The molecule has 2 aromatic rings. The number of nitrogens with zero attached hydrogens (tertiary/aromatic N) is 2. The SMILES string of the molecule is CC(Nc1cccc(NN)c1[N+](=O)[O-])c1ccncc1. The lowest BCUT2D eigenvalue weighted by molar-refractivity contribution is -0.383. The van der Waals surface area contributed by atoms with Crippen molar-refractivity contribution in [1.82, 2.24) is 4.98 Å². The number of para-hydroxylation sites is 1. The molecule has 1 atom stereocenters. The average molecular weight is 273 g/mol. The van der Waals surface area contributed by atoms with E-state index in [1.54, 1.807) is 30.6 Å². The predicted molar refractivity (Wildman–Crippen MR) is 77.2 cm³/mol. The molecule has 1 heterocycles. The van der Waals surface area contributed by atoms with E-state index in [1.807, 2.05) is 19.1 Å². The van der Waals surface area contributed by atoms with Gasteiger partial charge in [0, 0.05) is 18.4 Å². The molecule has 0 saturated carbocycles. The monoisotopic (exact) mass is 273 g/mol. The molecule has 1 unspecified atom stereocenters. The summed E-state index contributed by atoms with van der Waals surface area (Å²) >= 11 is 0. The van der Waals surface area contributed by atoms with Crippen LogP contribution in [0.1, 0.15) is 18.5 Å². The van der Waals surface area contributed by atoms with E-state index in [-0.39, 0.29) is 17.4 Å². The molecule has 0 saturated heterocycles. The van der Waals surface area contributed by atoms with E-state index < -0.39 is 4.92 Å². The third-order valence-electron chi connectivity index (χ3n) is 2.95. The number of hydrazine groups is 1. The molecular formula is C13H15N5O2. The first kappa shape index (κ1) is 13.8. The number of rotatable bonds is 5. The third-order valence-corrected chi connectivity index (χ3v) is 2.95. The van der Waals surface area contributed by atoms with Crippen LogP contribution in [0.4, 0.5) is 17.1 Å². The molecule has 1 aromatic heterocycles. The fourth-order valence-corrected chi connectivity index (χ4v) is 1.94. The van der Waals surface area contributed by atoms with Gasteiger partial charge in [-0.2, -0.15) is 0 Å². The standard InChI is InChI=1S/C13H15N5O2/c1-9(10-5-7-15-8-6-10)16-11-3-2-4-12(17-14)13(11)18(19)20/h2-9,16-17H,14H2,1H3. The third kappa shape index (κ3) is 2.83. The first-order valence-corrected chi connectivity index (χ1v) is 6.04. The van der Waals surface area contributed by atoms with E-state index in [2.05, 4.69) is 15.7 Å². The van der Waals surface area contributed by atoms with Crippen molar-refractivity contribution in [2.75, 3.05) is 10.7 Å². The van der Waals surface area contributed by atoms with E-state index in [9.17, 15) is 10.1 Å². The molecule has 0 bridgehead atoms. The number of pyridine rings is 1. The van der Waals surface area contributed by atoms with Gasteiger partial charge in [-0.05, 0) is 36.8 Å². The molecule has 4 N–H and O–H groups in total. The van der Waals surface area contributed by atoms with Gasteiger partial charge >= 0.3 is 5.69 Å². The van der Waals surface area contributed by atoms with Gasteiger partial charge in [0.25, 0.3) is 0 Å². The van der Waals surface area contributed by atoms with E-state index in [0.29, 0.717) is 5.69 Å². The first-order valence-electron chi connectivity index (χ1n) is 6.04. The van der Waals surface area contributed by atoms with Gasteiger partial charge in [0.1, 0.15) is 11.4 Å². The fourth-order valence-electron chi connectivity index (χ4n) is 1.94. The Balaban J connectivity index is 2.32. The summed E-state index contributed by atoms with van der Waals surface area (Å²) < 4.78 is 0. The number of hydrogen-bond donors (Lipinski definition) is 3.